The van der Waals surface area contributed by atoms with Gasteiger partial charge >= 0.3 is 0 Å². The number of rotatable bonds is 0. The van der Waals surface area contributed by atoms with Gasteiger partial charge in [0, 0.05) is 17.2 Å². The number of hydrogen-bond acceptors (Lipinski definition) is 2. The first-order chi connectivity index (χ1) is 10.7. The summed E-state index contributed by atoms with van der Waals surface area (Å²) in [7, 11) is 0. The van der Waals surface area contributed by atoms with Crippen LogP contribution in [0.15, 0.2) is 60.7 Å². The van der Waals surface area contributed by atoms with Crippen LogP contribution in [0, 0.1) is 13.8 Å². The molecule has 0 spiro atoms. The smallest absolute Gasteiger partial charge is 0.135 e. The maximum Gasteiger partial charge on any atom is 0.135 e. The Balaban J connectivity index is 2.09. The summed E-state index contributed by atoms with van der Waals surface area (Å²) in [6.07, 6.45) is 0. The minimum absolute atomic E-state index is 0.787. The zero-order valence-electron chi connectivity index (χ0n) is 12.6. The van der Waals surface area contributed by atoms with E-state index in [1.54, 1.807) is 0 Å². The number of benzene rings is 3. The molecule has 108 valence electrons. The van der Waals surface area contributed by atoms with E-state index < -0.39 is 0 Å². The van der Waals surface area contributed by atoms with Gasteiger partial charge in [0.25, 0.3) is 0 Å². The summed E-state index contributed by atoms with van der Waals surface area (Å²) in [5, 5.41) is 0. The molecule has 1 aliphatic rings. The van der Waals surface area contributed by atoms with Gasteiger partial charge in [-0.25, -0.2) is 0 Å². The molecule has 4 rings (SSSR count). The van der Waals surface area contributed by atoms with Gasteiger partial charge in [0.1, 0.15) is 23.0 Å². The Morgan fingerprint density at radius 1 is 0.591 bits per heavy atom. The predicted octanol–water partition coefficient (Wildman–Crippen LogP) is 5.87. The second-order valence-electron chi connectivity index (χ2n) is 5.58. The molecule has 0 fully saturated rings. The fourth-order valence-corrected chi connectivity index (χ4v) is 2.95. The minimum Gasteiger partial charge on any atom is -0.457 e. The van der Waals surface area contributed by atoms with Crippen molar-refractivity contribution in [2.45, 2.75) is 13.8 Å². The van der Waals surface area contributed by atoms with Crippen molar-refractivity contribution in [1.29, 1.82) is 0 Å². The van der Waals surface area contributed by atoms with Crippen molar-refractivity contribution < 1.29 is 9.47 Å². The molecule has 0 saturated carbocycles. The third-order valence-electron chi connectivity index (χ3n) is 3.98. The van der Waals surface area contributed by atoms with E-state index in [-0.39, 0.29) is 0 Å². The Morgan fingerprint density at radius 2 is 1.05 bits per heavy atom. The number of fused-ring (bicyclic) bond motifs is 5. The highest BCUT2D eigenvalue weighted by molar-refractivity contribution is 5.82. The fraction of sp³-hybridized carbons (Fsp3) is 0.100. The van der Waals surface area contributed by atoms with Crippen LogP contribution >= 0.6 is 0 Å². The minimum atomic E-state index is 0.787. The van der Waals surface area contributed by atoms with Crippen LogP contribution in [0.5, 0.6) is 23.0 Å². The molecular weight excluding hydrogens is 272 g/mol. The van der Waals surface area contributed by atoms with Gasteiger partial charge in [-0.15, -0.1) is 0 Å². The maximum absolute atomic E-state index is 6.13. The van der Waals surface area contributed by atoms with E-state index in [2.05, 4.69) is 26.0 Å². The molecule has 1 heterocycles. The molecule has 0 aliphatic carbocycles. The van der Waals surface area contributed by atoms with Crippen molar-refractivity contribution in [2.75, 3.05) is 0 Å². The lowest BCUT2D eigenvalue weighted by Crippen LogP contribution is -1.94. The fourth-order valence-electron chi connectivity index (χ4n) is 2.95. The summed E-state index contributed by atoms with van der Waals surface area (Å²) < 4.78 is 12.3. The van der Waals surface area contributed by atoms with Crippen LogP contribution in [0.1, 0.15) is 11.1 Å². The molecule has 2 heteroatoms. The highest BCUT2D eigenvalue weighted by Gasteiger charge is 2.19. The molecule has 3 aromatic rings. The highest BCUT2D eigenvalue weighted by atomic mass is 16.5. The van der Waals surface area contributed by atoms with Gasteiger partial charge in [-0.05, 0) is 49.2 Å². The Labute approximate surface area is 129 Å². The van der Waals surface area contributed by atoms with E-state index in [1.165, 1.54) is 11.1 Å². The molecule has 0 unspecified atom stereocenters. The molecule has 2 nitrogen and oxygen atoms in total. The van der Waals surface area contributed by atoms with Crippen LogP contribution in [0.4, 0.5) is 0 Å². The second-order valence-corrected chi connectivity index (χ2v) is 5.58. The molecule has 2 bridgehead atoms. The summed E-state index contributed by atoms with van der Waals surface area (Å²) >= 11 is 0. The van der Waals surface area contributed by atoms with Crippen LogP contribution in [0.2, 0.25) is 0 Å². The van der Waals surface area contributed by atoms with E-state index in [0.29, 0.717) is 0 Å². The van der Waals surface area contributed by atoms with E-state index in [1.807, 2.05) is 48.5 Å². The van der Waals surface area contributed by atoms with Crippen LogP contribution < -0.4 is 9.47 Å². The lowest BCUT2D eigenvalue weighted by Gasteiger charge is -2.17. The van der Waals surface area contributed by atoms with Gasteiger partial charge in [0.15, 0.2) is 0 Å². The summed E-state index contributed by atoms with van der Waals surface area (Å²) in [6, 6.07) is 20.0. The first kappa shape index (κ1) is 13.0. The van der Waals surface area contributed by atoms with E-state index in [0.717, 1.165) is 34.1 Å². The second kappa shape index (κ2) is 4.92. The molecule has 0 aromatic heterocycles. The maximum atomic E-state index is 6.13. The Hall–Kier alpha value is -2.74. The van der Waals surface area contributed by atoms with Gasteiger partial charge in [0.05, 0.1) is 0 Å². The van der Waals surface area contributed by atoms with E-state index >= 15 is 0 Å². The zero-order chi connectivity index (χ0) is 15.1. The first-order valence-corrected chi connectivity index (χ1v) is 7.38. The van der Waals surface area contributed by atoms with Crippen LogP contribution in [-0.4, -0.2) is 0 Å². The van der Waals surface area contributed by atoms with Gasteiger partial charge < -0.3 is 9.47 Å². The van der Waals surface area contributed by atoms with Crippen LogP contribution in [-0.2, 0) is 0 Å². The standard InChI is InChI=1S/C20H16O2/c1-13-6-3-10-17-19(13)20-14(2)7-4-11-18(20)22-16-9-5-8-15(12-16)21-17/h3-12H,1-2H3. The molecule has 1 aliphatic heterocycles. The highest BCUT2D eigenvalue weighted by Crippen LogP contribution is 2.45. The van der Waals surface area contributed by atoms with Gasteiger partial charge in [-0.3, -0.25) is 0 Å². The van der Waals surface area contributed by atoms with E-state index in [4.69, 9.17) is 9.47 Å². The lowest BCUT2D eigenvalue weighted by atomic mass is 9.95. The number of hydrogen-bond donors (Lipinski definition) is 0. The topological polar surface area (TPSA) is 18.5 Å². The molecule has 3 aromatic carbocycles. The average Bonchev–Trinajstić information content (AvgIpc) is 2.53. The lowest BCUT2D eigenvalue weighted by molar-refractivity contribution is 0.468. The third kappa shape index (κ3) is 2.04. The number of aryl methyl sites for hydroxylation is 2. The van der Waals surface area contributed by atoms with Crippen molar-refractivity contribution in [3.8, 4) is 34.1 Å². The van der Waals surface area contributed by atoms with Crippen molar-refractivity contribution in [3.05, 3.63) is 71.8 Å². The summed E-state index contributed by atoms with van der Waals surface area (Å²) in [5.41, 5.74) is 4.54. The van der Waals surface area contributed by atoms with Crippen LogP contribution in [0.25, 0.3) is 11.1 Å². The summed E-state index contributed by atoms with van der Waals surface area (Å²) in [6.45, 7) is 4.21. The van der Waals surface area contributed by atoms with Gasteiger partial charge in [-0.2, -0.15) is 0 Å². The predicted molar refractivity (Wildman–Crippen MR) is 87.9 cm³/mol. The quantitative estimate of drug-likeness (QED) is 0.403. The van der Waals surface area contributed by atoms with Crippen molar-refractivity contribution in [1.82, 2.24) is 0 Å². The first-order valence-electron chi connectivity index (χ1n) is 7.38. The monoisotopic (exact) mass is 288 g/mol. The largest absolute Gasteiger partial charge is 0.457 e. The summed E-state index contributed by atoms with van der Waals surface area (Å²) in [5.74, 6) is 3.29. The average molecular weight is 288 g/mol. The zero-order valence-corrected chi connectivity index (χ0v) is 12.6. The third-order valence-corrected chi connectivity index (χ3v) is 3.98. The van der Waals surface area contributed by atoms with Gasteiger partial charge in [0.2, 0.25) is 0 Å². The number of ether oxygens (including phenoxy) is 2. The SMILES string of the molecule is Cc1cccc2c1-c1c(C)cccc1Oc1cccc(c1)O2. The van der Waals surface area contributed by atoms with Crippen molar-refractivity contribution >= 4 is 0 Å². The van der Waals surface area contributed by atoms with E-state index in [9.17, 15) is 0 Å². The summed E-state index contributed by atoms with van der Waals surface area (Å²) in [4.78, 5) is 0. The van der Waals surface area contributed by atoms with Crippen molar-refractivity contribution in [3.63, 3.8) is 0 Å². The molecule has 0 N–H and O–H groups in total. The normalized spacial score (nSPS) is 11.9. The Morgan fingerprint density at radius 3 is 1.55 bits per heavy atom. The molecular formula is C20H16O2. The molecule has 0 radical (unpaired) electrons. The Bertz CT molecular complexity index is 797. The molecule has 0 saturated heterocycles. The molecule has 0 amide bonds. The Kier molecular flexibility index (Phi) is 2.90. The van der Waals surface area contributed by atoms with Crippen LogP contribution in [0.3, 0.4) is 0 Å². The van der Waals surface area contributed by atoms with Crippen molar-refractivity contribution in [2.24, 2.45) is 0 Å². The van der Waals surface area contributed by atoms with Gasteiger partial charge in [-0.1, -0.05) is 30.3 Å². The molecule has 0 atom stereocenters. The molecule has 22 heavy (non-hydrogen) atoms.